The summed E-state index contributed by atoms with van der Waals surface area (Å²) in [6, 6.07) is 13.9. The lowest BCUT2D eigenvalue weighted by molar-refractivity contribution is 0.159. The fourth-order valence-corrected chi connectivity index (χ4v) is 2.17. The highest BCUT2D eigenvalue weighted by atomic mass is 79.9. The number of epoxide rings is 1. The van der Waals surface area contributed by atoms with Crippen LogP contribution in [0.25, 0.3) is 0 Å². The normalized spacial score (nSPS) is 19.3. The molecule has 2 atom stereocenters. The Morgan fingerprint density at radius 1 is 1.22 bits per heavy atom. The third kappa shape index (κ3) is 2.54. The highest BCUT2D eigenvalue weighted by molar-refractivity contribution is 9.10. The summed E-state index contributed by atoms with van der Waals surface area (Å²) in [5.74, 6) is 0.738. The van der Waals surface area contributed by atoms with E-state index in [1.54, 1.807) is 6.20 Å². The second kappa shape index (κ2) is 5.08. The van der Waals surface area contributed by atoms with Crippen molar-refractivity contribution in [2.24, 2.45) is 0 Å². The first-order valence-corrected chi connectivity index (χ1v) is 6.57. The van der Waals surface area contributed by atoms with Crippen LogP contribution in [0, 0.1) is 0 Å². The summed E-state index contributed by atoms with van der Waals surface area (Å²) >= 11 is 3.39. The predicted octanol–water partition coefficient (Wildman–Crippen LogP) is 3.36. The summed E-state index contributed by atoms with van der Waals surface area (Å²) in [6.07, 6.45) is 1.79. The zero-order chi connectivity index (χ0) is 12.4. The van der Waals surface area contributed by atoms with Gasteiger partial charge < -0.3 is 9.47 Å². The monoisotopic (exact) mass is 305 g/mol. The first-order valence-electron chi connectivity index (χ1n) is 5.78. The summed E-state index contributed by atoms with van der Waals surface area (Å²) < 4.78 is 12.1. The summed E-state index contributed by atoms with van der Waals surface area (Å²) in [4.78, 5) is 4.16. The third-order valence-electron chi connectivity index (χ3n) is 2.80. The summed E-state index contributed by atoms with van der Waals surface area (Å²) in [5.41, 5.74) is 1.12. The maximum Gasteiger partial charge on any atom is 0.153 e. The van der Waals surface area contributed by atoms with E-state index >= 15 is 0 Å². The minimum Gasteiger partial charge on any atom is -0.480 e. The standard InChI is InChI=1S/C14H12BrNO2/c15-14-11(7-4-8-16-14)18-13(12-9-17-12)10-5-2-1-3-6-10/h1-8,12-13H,9H2/t12-,13-/m0/s1. The molecule has 18 heavy (non-hydrogen) atoms. The molecule has 0 spiro atoms. The number of hydrogen-bond donors (Lipinski definition) is 0. The van der Waals surface area contributed by atoms with E-state index in [1.807, 2.05) is 30.3 Å². The Morgan fingerprint density at radius 2 is 2.00 bits per heavy atom. The Balaban J connectivity index is 1.86. The van der Waals surface area contributed by atoms with E-state index < -0.39 is 0 Å². The van der Waals surface area contributed by atoms with E-state index in [0.717, 1.165) is 17.9 Å². The molecule has 1 aromatic carbocycles. The van der Waals surface area contributed by atoms with E-state index in [9.17, 15) is 0 Å². The van der Waals surface area contributed by atoms with Gasteiger partial charge in [-0.15, -0.1) is 0 Å². The van der Waals surface area contributed by atoms with Gasteiger partial charge in [0.05, 0.1) is 6.61 Å². The minimum absolute atomic E-state index is 0.0771. The topological polar surface area (TPSA) is 34.6 Å². The maximum absolute atomic E-state index is 6.02. The number of benzene rings is 1. The number of ether oxygens (including phenoxy) is 2. The Morgan fingerprint density at radius 3 is 2.67 bits per heavy atom. The third-order valence-corrected chi connectivity index (χ3v) is 3.40. The van der Waals surface area contributed by atoms with Crippen LogP contribution in [0.3, 0.4) is 0 Å². The van der Waals surface area contributed by atoms with Gasteiger partial charge in [0.15, 0.2) is 11.9 Å². The second-order valence-electron chi connectivity index (χ2n) is 4.11. The molecule has 0 amide bonds. The van der Waals surface area contributed by atoms with Crippen molar-refractivity contribution < 1.29 is 9.47 Å². The average molecular weight is 306 g/mol. The Hall–Kier alpha value is -1.39. The Labute approximate surface area is 114 Å². The maximum atomic E-state index is 6.02. The first kappa shape index (κ1) is 11.7. The molecule has 1 fully saturated rings. The predicted molar refractivity (Wildman–Crippen MR) is 71.5 cm³/mol. The van der Waals surface area contributed by atoms with E-state index in [4.69, 9.17) is 9.47 Å². The van der Waals surface area contributed by atoms with Crippen LogP contribution in [-0.2, 0) is 4.74 Å². The van der Waals surface area contributed by atoms with Crippen molar-refractivity contribution in [3.8, 4) is 5.75 Å². The molecule has 0 N–H and O–H groups in total. The lowest BCUT2D eigenvalue weighted by atomic mass is 10.1. The van der Waals surface area contributed by atoms with Gasteiger partial charge in [-0.2, -0.15) is 0 Å². The molecule has 92 valence electrons. The van der Waals surface area contributed by atoms with Crippen LogP contribution in [0.2, 0.25) is 0 Å². The van der Waals surface area contributed by atoms with Crippen LogP contribution in [0.1, 0.15) is 11.7 Å². The molecule has 1 aromatic heterocycles. The fourth-order valence-electron chi connectivity index (χ4n) is 1.83. The molecule has 0 saturated carbocycles. The van der Waals surface area contributed by atoms with Crippen LogP contribution >= 0.6 is 15.9 Å². The van der Waals surface area contributed by atoms with Crippen molar-refractivity contribution in [2.45, 2.75) is 12.2 Å². The molecule has 4 heteroatoms. The highest BCUT2D eigenvalue weighted by Gasteiger charge is 2.36. The van der Waals surface area contributed by atoms with Gasteiger partial charge in [0.2, 0.25) is 0 Å². The van der Waals surface area contributed by atoms with Crippen LogP contribution < -0.4 is 4.74 Å². The smallest absolute Gasteiger partial charge is 0.153 e. The van der Waals surface area contributed by atoms with Gasteiger partial charge in [-0.1, -0.05) is 30.3 Å². The lowest BCUT2D eigenvalue weighted by Gasteiger charge is -2.18. The van der Waals surface area contributed by atoms with E-state index in [0.29, 0.717) is 4.60 Å². The van der Waals surface area contributed by atoms with E-state index in [-0.39, 0.29) is 12.2 Å². The van der Waals surface area contributed by atoms with Gasteiger partial charge in [-0.3, -0.25) is 0 Å². The van der Waals surface area contributed by atoms with Crippen LogP contribution in [0.15, 0.2) is 53.3 Å². The molecule has 0 unspecified atom stereocenters. The zero-order valence-electron chi connectivity index (χ0n) is 9.62. The van der Waals surface area contributed by atoms with Crippen molar-refractivity contribution in [2.75, 3.05) is 6.61 Å². The highest BCUT2D eigenvalue weighted by Crippen LogP contribution is 2.34. The van der Waals surface area contributed by atoms with Gasteiger partial charge >= 0.3 is 0 Å². The number of rotatable bonds is 4. The molecular formula is C14H12BrNO2. The van der Waals surface area contributed by atoms with Gasteiger partial charge in [0.25, 0.3) is 0 Å². The molecule has 3 nitrogen and oxygen atoms in total. The molecule has 0 bridgehead atoms. The van der Waals surface area contributed by atoms with Gasteiger partial charge in [-0.25, -0.2) is 4.98 Å². The minimum atomic E-state index is -0.0771. The van der Waals surface area contributed by atoms with Crippen LogP contribution in [0.4, 0.5) is 0 Å². The number of hydrogen-bond acceptors (Lipinski definition) is 3. The summed E-state index contributed by atoms with van der Waals surface area (Å²) in [7, 11) is 0. The van der Waals surface area contributed by atoms with Gasteiger partial charge in [-0.05, 0) is 33.6 Å². The van der Waals surface area contributed by atoms with Crippen LogP contribution in [-0.4, -0.2) is 17.7 Å². The Kier molecular flexibility index (Phi) is 3.30. The molecule has 2 aromatic rings. The number of nitrogens with zero attached hydrogens (tertiary/aromatic N) is 1. The quantitative estimate of drug-likeness (QED) is 0.642. The molecule has 2 heterocycles. The summed E-state index contributed by atoms with van der Waals surface area (Å²) in [5, 5.41) is 0. The largest absolute Gasteiger partial charge is 0.480 e. The molecule has 0 radical (unpaired) electrons. The first-order chi connectivity index (χ1) is 8.84. The van der Waals surface area contributed by atoms with Crippen molar-refractivity contribution in [3.05, 3.63) is 58.8 Å². The average Bonchev–Trinajstić information content (AvgIpc) is 3.23. The van der Waals surface area contributed by atoms with Crippen molar-refractivity contribution >= 4 is 15.9 Å². The van der Waals surface area contributed by atoms with Crippen LogP contribution in [0.5, 0.6) is 5.75 Å². The zero-order valence-corrected chi connectivity index (χ0v) is 11.2. The SMILES string of the molecule is Brc1ncccc1O[C@@H](c1ccccc1)[C@@H]1CO1. The van der Waals surface area contributed by atoms with Crippen molar-refractivity contribution in [1.82, 2.24) is 4.98 Å². The number of halogens is 1. The molecule has 1 saturated heterocycles. The number of aromatic nitrogens is 1. The second-order valence-corrected chi connectivity index (χ2v) is 4.86. The van der Waals surface area contributed by atoms with Gasteiger partial charge in [0.1, 0.15) is 10.7 Å². The van der Waals surface area contributed by atoms with Crippen molar-refractivity contribution in [3.63, 3.8) is 0 Å². The van der Waals surface area contributed by atoms with Gasteiger partial charge in [0, 0.05) is 6.20 Å². The lowest BCUT2D eigenvalue weighted by Crippen LogP contribution is -2.14. The number of pyridine rings is 1. The molecule has 0 aliphatic carbocycles. The van der Waals surface area contributed by atoms with Crippen molar-refractivity contribution in [1.29, 1.82) is 0 Å². The molecule has 1 aliphatic heterocycles. The van der Waals surface area contributed by atoms with E-state index in [2.05, 4.69) is 33.0 Å². The molecular weight excluding hydrogens is 294 g/mol. The fraction of sp³-hybridized carbons (Fsp3) is 0.214. The Bertz CT molecular complexity index is 528. The molecule has 3 rings (SSSR count). The van der Waals surface area contributed by atoms with E-state index in [1.165, 1.54) is 0 Å². The summed E-state index contributed by atoms with van der Waals surface area (Å²) in [6.45, 7) is 0.747. The molecule has 1 aliphatic rings.